The molecule has 5 rings (SSSR count). The van der Waals surface area contributed by atoms with E-state index in [4.69, 9.17) is 9.82 Å². The quantitative estimate of drug-likeness (QED) is 0.339. The molecule has 4 aromatic rings. The van der Waals surface area contributed by atoms with E-state index in [0.29, 0.717) is 24.1 Å². The van der Waals surface area contributed by atoms with Crippen LogP contribution in [-0.2, 0) is 17.8 Å². The molecule has 0 fully saturated rings. The van der Waals surface area contributed by atoms with Gasteiger partial charge in [-0.05, 0) is 37.1 Å². The van der Waals surface area contributed by atoms with Crippen LogP contribution in [0, 0.1) is 0 Å². The second-order valence-corrected chi connectivity index (χ2v) is 7.43. The molecule has 0 atom stereocenters. The fraction of sp³-hybridized carbons (Fsp3) is 0.261. The Balaban J connectivity index is 1.35. The number of benzene rings is 1. The summed E-state index contributed by atoms with van der Waals surface area (Å²) in [5, 5.41) is 0.866. The van der Waals surface area contributed by atoms with Crippen molar-refractivity contribution in [2.75, 3.05) is 6.61 Å². The third-order valence-electron chi connectivity index (χ3n) is 5.39. The van der Waals surface area contributed by atoms with Crippen LogP contribution < -0.4 is 0 Å². The lowest BCUT2D eigenvalue weighted by Gasteiger charge is -2.14. The van der Waals surface area contributed by atoms with E-state index in [1.54, 1.807) is 36.7 Å². The lowest BCUT2D eigenvalue weighted by atomic mass is 10.1. The zero-order valence-electron chi connectivity index (χ0n) is 17.1. The Kier molecular flexibility index (Phi) is 4.91. The molecule has 3 aromatic heterocycles. The van der Waals surface area contributed by atoms with Gasteiger partial charge in [0.05, 0.1) is 35.0 Å². The van der Waals surface area contributed by atoms with Crippen molar-refractivity contribution < 1.29 is 14.4 Å². The van der Waals surface area contributed by atoms with E-state index >= 15 is 0 Å². The van der Waals surface area contributed by atoms with Crippen LogP contribution in [0.2, 0.25) is 0 Å². The summed E-state index contributed by atoms with van der Waals surface area (Å²) in [6, 6.07) is 10.6. The van der Waals surface area contributed by atoms with Crippen LogP contribution in [0.25, 0.3) is 22.1 Å². The summed E-state index contributed by atoms with van der Waals surface area (Å²) in [6.07, 6.45) is 5.94. The number of pyridine rings is 2. The monoisotopic (exact) mass is 415 g/mol. The Morgan fingerprint density at radius 3 is 2.48 bits per heavy atom. The van der Waals surface area contributed by atoms with E-state index in [2.05, 4.69) is 21.5 Å². The van der Waals surface area contributed by atoms with Gasteiger partial charge in [-0.25, -0.2) is 4.98 Å². The number of imidazole rings is 1. The van der Waals surface area contributed by atoms with Crippen molar-refractivity contribution in [1.29, 1.82) is 0 Å². The fourth-order valence-electron chi connectivity index (χ4n) is 3.99. The summed E-state index contributed by atoms with van der Waals surface area (Å²) in [4.78, 5) is 44.2. The first-order chi connectivity index (χ1) is 15.2. The predicted octanol–water partition coefficient (Wildman–Crippen LogP) is 3.55. The highest BCUT2D eigenvalue weighted by atomic mass is 16.7. The van der Waals surface area contributed by atoms with E-state index in [0.717, 1.165) is 45.8 Å². The summed E-state index contributed by atoms with van der Waals surface area (Å²) >= 11 is 0. The SMILES string of the molecule is CCCc1nc2cnc3cccnc3c2n1CCCON1C(=O)c2ccccc2C1=O. The Morgan fingerprint density at radius 1 is 0.968 bits per heavy atom. The molecular formula is C23H21N5O3. The molecule has 8 heteroatoms. The molecule has 0 aliphatic carbocycles. The topological polar surface area (TPSA) is 90.2 Å². The van der Waals surface area contributed by atoms with Gasteiger partial charge in [-0.15, -0.1) is 5.06 Å². The Labute approximate surface area is 178 Å². The van der Waals surface area contributed by atoms with Crippen molar-refractivity contribution in [1.82, 2.24) is 24.6 Å². The second kappa shape index (κ2) is 7.88. The number of nitrogens with zero attached hydrogens (tertiary/aromatic N) is 5. The fourth-order valence-corrected chi connectivity index (χ4v) is 3.99. The Morgan fingerprint density at radius 2 is 1.74 bits per heavy atom. The smallest absolute Gasteiger partial charge is 0.285 e. The van der Waals surface area contributed by atoms with Gasteiger partial charge in [-0.2, -0.15) is 0 Å². The van der Waals surface area contributed by atoms with Gasteiger partial charge in [0.1, 0.15) is 16.9 Å². The number of fused-ring (bicyclic) bond motifs is 4. The van der Waals surface area contributed by atoms with Crippen LogP contribution in [0.15, 0.2) is 48.8 Å². The summed E-state index contributed by atoms with van der Waals surface area (Å²) in [6.45, 7) is 2.97. The van der Waals surface area contributed by atoms with Crippen molar-refractivity contribution in [3.63, 3.8) is 0 Å². The normalized spacial score (nSPS) is 13.5. The van der Waals surface area contributed by atoms with Crippen molar-refractivity contribution in [2.24, 2.45) is 0 Å². The van der Waals surface area contributed by atoms with Gasteiger partial charge in [0.15, 0.2) is 0 Å². The first-order valence-corrected chi connectivity index (χ1v) is 10.4. The molecule has 1 aromatic carbocycles. The van der Waals surface area contributed by atoms with Crippen LogP contribution >= 0.6 is 0 Å². The van der Waals surface area contributed by atoms with Gasteiger partial charge in [0, 0.05) is 19.2 Å². The van der Waals surface area contributed by atoms with Crippen LogP contribution in [0.1, 0.15) is 46.3 Å². The Hall–Kier alpha value is -3.65. The minimum Gasteiger partial charge on any atom is -0.326 e. The molecule has 156 valence electrons. The molecule has 0 radical (unpaired) electrons. The van der Waals surface area contributed by atoms with E-state index in [-0.39, 0.29) is 6.61 Å². The molecule has 0 saturated heterocycles. The zero-order chi connectivity index (χ0) is 21.4. The number of carbonyl (C=O) groups is 2. The maximum atomic E-state index is 12.4. The number of imide groups is 1. The first kappa shape index (κ1) is 19.3. The highest BCUT2D eigenvalue weighted by molar-refractivity contribution is 6.20. The molecule has 0 bridgehead atoms. The number of hydrogen-bond acceptors (Lipinski definition) is 6. The lowest BCUT2D eigenvalue weighted by Crippen LogP contribution is -2.30. The summed E-state index contributed by atoms with van der Waals surface area (Å²) in [5.41, 5.74) is 4.16. The molecule has 1 aliphatic heterocycles. The van der Waals surface area contributed by atoms with Gasteiger partial charge in [0.25, 0.3) is 11.8 Å². The summed E-state index contributed by atoms with van der Waals surface area (Å²) in [5.74, 6) is 0.140. The van der Waals surface area contributed by atoms with Gasteiger partial charge in [-0.3, -0.25) is 24.4 Å². The minimum absolute atomic E-state index is 0.229. The molecule has 0 unspecified atom stereocenters. The average molecular weight is 415 g/mol. The van der Waals surface area contributed by atoms with Crippen LogP contribution in [0.3, 0.4) is 0 Å². The molecule has 1 aliphatic rings. The molecular weight excluding hydrogens is 394 g/mol. The molecule has 0 spiro atoms. The third-order valence-corrected chi connectivity index (χ3v) is 5.39. The summed E-state index contributed by atoms with van der Waals surface area (Å²) in [7, 11) is 0. The number of hydrogen-bond donors (Lipinski definition) is 0. The van der Waals surface area contributed by atoms with Gasteiger partial charge in [0.2, 0.25) is 0 Å². The van der Waals surface area contributed by atoms with Crippen molar-refractivity contribution in [3.8, 4) is 0 Å². The highest BCUT2D eigenvalue weighted by Gasteiger charge is 2.36. The maximum Gasteiger partial charge on any atom is 0.285 e. The molecule has 0 N–H and O–H groups in total. The van der Waals surface area contributed by atoms with Crippen molar-refractivity contribution in [3.05, 3.63) is 65.7 Å². The van der Waals surface area contributed by atoms with Gasteiger partial charge >= 0.3 is 0 Å². The highest BCUT2D eigenvalue weighted by Crippen LogP contribution is 2.25. The molecule has 4 heterocycles. The standard InChI is InChI=1S/C23H21N5O3/c1-2-7-19-26-18-14-25-17-10-5-11-24-20(17)21(18)27(19)12-6-13-31-28-22(29)15-8-3-4-9-16(15)23(28)30/h3-5,8-11,14H,2,6-7,12-13H2,1H3. The van der Waals surface area contributed by atoms with E-state index in [9.17, 15) is 9.59 Å². The number of carbonyl (C=O) groups excluding carboxylic acids is 2. The number of amides is 2. The first-order valence-electron chi connectivity index (χ1n) is 10.4. The maximum absolute atomic E-state index is 12.4. The predicted molar refractivity (Wildman–Crippen MR) is 114 cm³/mol. The minimum atomic E-state index is -0.415. The number of aryl methyl sites for hydroxylation is 2. The van der Waals surface area contributed by atoms with E-state index in [1.807, 2.05) is 12.1 Å². The van der Waals surface area contributed by atoms with E-state index in [1.165, 1.54) is 0 Å². The number of aromatic nitrogens is 4. The second-order valence-electron chi connectivity index (χ2n) is 7.43. The molecule has 0 saturated carbocycles. The van der Waals surface area contributed by atoms with E-state index < -0.39 is 11.8 Å². The third kappa shape index (κ3) is 3.25. The van der Waals surface area contributed by atoms with Gasteiger partial charge < -0.3 is 4.57 Å². The van der Waals surface area contributed by atoms with Crippen molar-refractivity contribution >= 4 is 33.9 Å². The zero-order valence-corrected chi connectivity index (χ0v) is 17.1. The van der Waals surface area contributed by atoms with Crippen molar-refractivity contribution in [2.45, 2.75) is 32.7 Å². The number of hydroxylamine groups is 2. The summed E-state index contributed by atoms with van der Waals surface area (Å²) < 4.78 is 2.15. The largest absolute Gasteiger partial charge is 0.326 e. The van der Waals surface area contributed by atoms with Crippen LogP contribution in [0.5, 0.6) is 0 Å². The van der Waals surface area contributed by atoms with Crippen LogP contribution in [0.4, 0.5) is 0 Å². The number of rotatable bonds is 7. The molecule has 2 amide bonds. The van der Waals surface area contributed by atoms with Gasteiger partial charge in [-0.1, -0.05) is 19.1 Å². The Bertz CT molecular complexity index is 1280. The average Bonchev–Trinajstić information content (AvgIpc) is 3.27. The lowest BCUT2D eigenvalue weighted by molar-refractivity contribution is -0.0925. The van der Waals surface area contributed by atoms with Crippen LogP contribution in [-0.4, -0.2) is 43.0 Å². The molecule has 31 heavy (non-hydrogen) atoms. The molecule has 8 nitrogen and oxygen atoms in total.